The molecule has 1 unspecified atom stereocenters. The summed E-state index contributed by atoms with van der Waals surface area (Å²) in [6, 6.07) is 10.2. The van der Waals surface area contributed by atoms with Gasteiger partial charge in [-0.15, -0.1) is 11.8 Å². The van der Waals surface area contributed by atoms with Crippen molar-refractivity contribution >= 4 is 44.8 Å². The third-order valence-electron chi connectivity index (χ3n) is 4.28. The van der Waals surface area contributed by atoms with E-state index in [0.29, 0.717) is 17.8 Å². The standard InChI is InChI=1S/C19H23N3O3S2/c1-12-5-6-14(10-17(12)22(3)4)21-27(24,25)15-7-8-18-16(11-15)20-19(23)9-13(2)26-18/h5-8,10-11,13,21H,9H2,1-4H3,(H,20,23). The fourth-order valence-corrected chi connectivity index (χ4v) is 5.09. The van der Waals surface area contributed by atoms with Crippen LogP contribution in [-0.2, 0) is 14.8 Å². The summed E-state index contributed by atoms with van der Waals surface area (Å²) in [4.78, 5) is 14.9. The molecule has 6 nitrogen and oxygen atoms in total. The van der Waals surface area contributed by atoms with Crippen molar-refractivity contribution in [1.29, 1.82) is 0 Å². The SMILES string of the molecule is Cc1ccc(NS(=O)(=O)c2ccc3c(c2)NC(=O)CC(C)S3)cc1N(C)C. The molecule has 27 heavy (non-hydrogen) atoms. The van der Waals surface area contributed by atoms with Gasteiger partial charge in [0.05, 0.1) is 16.3 Å². The number of carbonyl (C=O) groups excluding carboxylic acids is 1. The Hall–Kier alpha value is -2.19. The number of amides is 1. The Balaban J connectivity index is 1.92. The first-order chi connectivity index (χ1) is 12.7. The van der Waals surface area contributed by atoms with Crippen molar-refractivity contribution in [1.82, 2.24) is 0 Å². The predicted molar refractivity (Wildman–Crippen MR) is 111 cm³/mol. The molecule has 0 aliphatic carbocycles. The van der Waals surface area contributed by atoms with E-state index in [1.165, 1.54) is 6.07 Å². The molecular formula is C19H23N3O3S2. The summed E-state index contributed by atoms with van der Waals surface area (Å²) in [6.45, 7) is 3.95. The van der Waals surface area contributed by atoms with Crippen LogP contribution in [0.4, 0.5) is 17.1 Å². The molecule has 2 aromatic rings. The van der Waals surface area contributed by atoms with Gasteiger partial charge in [-0.05, 0) is 42.8 Å². The molecule has 2 aromatic carbocycles. The lowest BCUT2D eigenvalue weighted by Gasteiger charge is -2.18. The molecule has 1 heterocycles. The van der Waals surface area contributed by atoms with Crippen molar-refractivity contribution in [3.8, 4) is 0 Å². The number of sulfonamides is 1. The maximum Gasteiger partial charge on any atom is 0.261 e. The number of thioether (sulfide) groups is 1. The van der Waals surface area contributed by atoms with Gasteiger partial charge in [0.2, 0.25) is 5.91 Å². The van der Waals surface area contributed by atoms with Crippen molar-refractivity contribution in [3.63, 3.8) is 0 Å². The number of anilines is 3. The van der Waals surface area contributed by atoms with Crippen LogP contribution in [0.5, 0.6) is 0 Å². The van der Waals surface area contributed by atoms with Crippen LogP contribution < -0.4 is 14.9 Å². The molecule has 0 fully saturated rings. The van der Waals surface area contributed by atoms with Gasteiger partial charge in [0, 0.05) is 36.3 Å². The largest absolute Gasteiger partial charge is 0.377 e. The topological polar surface area (TPSA) is 78.5 Å². The van der Waals surface area contributed by atoms with E-state index < -0.39 is 10.0 Å². The van der Waals surface area contributed by atoms with E-state index in [2.05, 4.69) is 10.0 Å². The molecule has 144 valence electrons. The zero-order valence-corrected chi connectivity index (χ0v) is 17.4. The minimum Gasteiger partial charge on any atom is -0.377 e. The molecular weight excluding hydrogens is 382 g/mol. The first-order valence-corrected chi connectivity index (χ1v) is 10.9. The van der Waals surface area contributed by atoms with E-state index in [-0.39, 0.29) is 16.1 Å². The van der Waals surface area contributed by atoms with Crippen LogP contribution in [0, 0.1) is 6.92 Å². The number of hydrogen-bond donors (Lipinski definition) is 2. The van der Waals surface area contributed by atoms with Crippen LogP contribution in [0.25, 0.3) is 0 Å². The van der Waals surface area contributed by atoms with Crippen LogP contribution in [0.15, 0.2) is 46.2 Å². The Bertz CT molecular complexity index is 988. The van der Waals surface area contributed by atoms with Gasteiger partial charge in [0.25, 0.3) is 10.0 Å². The number of nitrogens with zero attached hydrogens (tertiary/aromatic N) is 1. The molecule has 0 bridgehead atoms. The number of fused-ring (bicyclic) bond motifs is 1. The van der Waals surface area contributed by atoms with Crippen LogP contribution in [0.1, 0.15) is 18.9 Å². The minimum absolute atomic E-state index is 0.106. The molecule has 0 saturated carbocycles. The van der Waals surface area contributed by atoms with Gasteiger partial charge in [-0.1, -0.05) is 13.0 Å². The summed E-state index contributed by atoms with van der Waals surface area (Å²) in [7, 11) is 0.0481. The lowest BCUT2D eigenvalue weighted by molar-refractivity contribution is -0.116. The van der Waals surface area contributed by atoms with Crippen molar-refractivity contribution in [3.05, 3.63) is 42.0 Å². The van der Waals surface area contributed by atoms with Gasteiger partial charge in [0.1, 0.15) is 0 Å². The van der Waals surface area contributed by atoms with E-state index in [4.69, 9.17) is 0 Å². The second-order valence-corrected chi connectivity index (χ2v) is 10.0. The lowest BCUT2D eigenvalue weighted by atomic mass is 10.2. The van der Waals surface area contributed by atoms with E-state index in [0.717, 1.165) is 16.1 Å². The molecule has 0 spiro atoms. The maximum atomic E-state index is 12.8. The summed E-state index contributed by atoms with van der Waals surface area (Å²) >= 11 is 1.56. The number of hydrogen-bond acceptors (Lipinski definition) is 5. The molecule has 0 aromatic heterocycles. The molecule has 1 aliphatic rings. The molecule has 0 radical (unpaired) electrons. The van der Waals surface area contributed by atoms with Crippen LogP contribution in [0.3, 0.4) is 0 Å². The fourth-order valence-electron chi connectivity index (χ4n) is 2.97. The Morgan fingerprint density at radius 2 is 1.93 bits per heavy atom. The van der Waals surface area contributed by atoms with E-state index in [1.807, 2.05) is 38.9 Å². The highest BCUT2D eigenvalue weighted by atomic mass is 32.2. The van der Waals surface area contributed by atoms with Gasteiger partial charge in [0.15, 0.2) is 0 Å². The molecule has 0 saturated heterocycles. The molecule has 1 aliphatic heterocycles. The van der Waals surface area contributed by atoms with Gasteiger partial charge in [-0.25, -0.2) is 8.42 Å². The zero-order valence-electron chi connectivity index (χ0n) is 15.7. The first-order valence-electron chi connectivity index (χ1n) is 8.57. The number of carbonyl (C=O) groups is 1. The van der Waals surface area contributed by atoms with Gasteiger partial charge < -0.3 is 10.2 Å². The Morgan fingerprint density at radius 3 is 2.63 bits per heavy atom. The second-order valence-electron chi connectivity index (χ2n) is 6.84. The maximum absolute atomic E-state index is 12.8. The number of nitrogens with one attached hydrogen (secondary N) is 2. The second kappa shape index (κ2) is 7.44. The van der Waals surface area contributed by atoms with Gasteiger partial charge in [-0.2, -0.15) is 0 Å². The molecule has 1 atom stereocenters. The monoisotopic (exact) mass is 405 g/mol. The van der Waals surface area contributed by atoms with Crippen molar-refractivity contribution in [2.45, 2.75) is 35.3 Å². The Kier molecular flexibility index (Phi) is 5.39. The van der Waals surface area contributed by atoms with Crippen LogP contribution >= 0.6 is 11.8 Å². The normalized spacial score (nSPS) is 16.9. The van der Waals surface area contributed by atoms with Crippen LogP contribution in [0.2, 0.25) is 0 Å². The highest BCUT2D eigenvalue weighted by molar-refractivity contribution is 8.00. The number of rotatable bonds is 4. The number of benzene rings is 2. The van der Waals surface area contributed by atoms with E-state index in [9.17, 15) is 13.2 Å². The first kappa shape index (κ1) is 19.6. The number of aryl methyl sites for hydroxylation is 1. The predicted octanol–water partition coefficient (Wildman–Crippen LogP) is 3.68. The Labute approximate surface area is 164 Å². The highest BCUT2D eigenvalue weighted by Crippen LogP contribution is 2.36. The Morgan fingerprint density at radius 1 is 1.19 bits per heavy atom. The molecule has 2 N–H and O–H groups in total. The molecule has 3 rings (SSSR count). The summed E-state index contributed by atoms with van der Waals surface area (Å²) < 4.78 is 28.3. The van der Waals surface area contributed by atoms with Gasteiger partial charge in [-0.3, -0.25) is 9.52 Å². The summed E-state index contributed by atoms with van der Waals surface area (Å²) in [5.74, 6) is -0.106. The average Bonchev–Trinajstić information content (AvgIpc) is 2.71. The summed E-state index contributed by atoms with van der Waals surface area (Å²) in [6.07, 6.45) is 0.399. The fraction of sp³-hybridized carbons (Fsp3) is 0.316. The minimum atomic E-state index is -3.77. The summed E-state index contributed by atoms with van der Waals surface area (Å²) in [5, 5.41) is 2.94. The zero-order chi connectivity index (χ0) is 19.8. The van der Waals surface area contributed by atoms with E-state index in [1.54, 1.807) is 36.0 Å². The molecule has 1 amide bonds. The summed E-state index contributed by atoms with van der Waals surface area (Å²) in [5.41, 5.74) is 3.03. The van der Waals surface area contributed by atoms with Crippen molar-refractivity contribution in [2.24, 2.45) is 0 Å². The van der Waals surface area contributed by atoms with Gasteiger partial charge >= 0.3 is 0 Å². The quantitative estimate of drug-likeness (QED) is 0.811. The molecule has 8 heteroatoms. The highest BCUT2D eigenvalue weighted by Gasteiger charge is 2.22. The van der Waals surface area contributed by atoms with Crippen molar-refractivity contribution in [2.75, 3.05) is 29.0 Å². The third-order valence-corrected chi connectivity index (χ3v) is 6.84. The lowest BCUT2D eigenvalue weighted by Crippen LogP contribution is -2.16. The smallest absolute Gasteiger partial charge is 0.261 e. The van der Waals surface area contributed by atoms with Crippen LogP contribution in [-0.4, -0.2) is 33.7 Å². The van der Waals surface area contributed by atoms with Crippen molar-refractivity contribution < 1.29 is 13.2 Å². The third kappa shape index (κ3) is 4.39. The van der Waals surface area contributed by atoms with E-state index >= 15 is 0 Å². The average molecular weight is 406 g/mol.